The van der Waals surface area contributed by atoms with Gasteiger partial charge in [-0.3, -0.25) is 0 Å². The van der Waals surface area contributed by atoms with E-state index in [-0.39, 0.29) is 6.61 Å². The zero-order valence-corrected chi connectivity index (χ0v) is 11.0. The first-order valence-corrected chi connectivity index (χ1v) is 6.45. The van der Waals surface area contributed by atoms with E-state index >= 15 is 0 Å². The first kappa shape index (κ1) is 14.0. The number of rotatable bonds is 5. The second-order valence-electron chi connectivity index (χ2n) is 4.20. The van der Waals surface area contributed by atoms with Crippen LogP contribution in [0, 0.1) is 0 Å². The van der Waals surface area contributed by atoms with E-state index in [1.54, 1.807) is 18.2 Å². The molecule has 2 rings (SSSR count). The van der Waals surface area contributed by atoms with Gasteiger partial charge in [-0.15, -0.1) is 0 Å². The molecule has 0 saturated carbocycles. The number of ether oxygens (including phenoxy) is 1. The van der Waals surface area contributed by atoms with E-state index in [2.05, 4.69) is 0 Å². The third-order valence-corrected chi connectivity index (χ3v) is 2.74. The SMILES string of the molecule is O=C(Oc1ccccc1)C(=CCCO)c1ccccc1. The third-order valence-electron chi connectivity index (χ3n) is 2.74. The summed E-state index contributed by atoms with van der Waals surface area (Å²) in [5.41, 5.74) is 1.24. The molecule has 0 radical (unpaired) electrons. The van der Waals surface area contributed by atoms with Crippen LogP contribution in [0.1, 0.15) is 12.0 Å². The number of aliphatic hydroxyl groups excluding tert-OH is 1. The molecule has 0 aromatic heterocycles. The molecule has 0 unspecified atom stereocenters. The molecule has 3 heteroatoms. The Morgan fingerprint density at radius 1 is 1.00 bits per heavy atom. The molecule has 2 aromatic rings. The molecule has 2 aromatic carbocycles. The largest absolute Gasteiger partial charge is 0.423 e. The number of aliphatic hydroxyl groups is 1. The Hall–Kier alpha value is -2.39. The van der Waals surface area contributed by atoms with Crippen LogP contribution >= 0.6 is 0 Å². The summed E-state index contributed by atoms with van der Waals surface area (Å²) in [5.74, 6) is 0.0826. The number of carbonyl (C=O) groups is 1. The average Bonchev–Trinajstić information content (AvgIpc) is 2.50. The molecule has 0 amide bonds. The van der Waals surface area contributed by atoms with Crippen LogP contribution in [0.3, 0.4) is 0 Å². The lowest BCUT2D eigenvalue weighted by molar-refractivity contribution is -0.127. The number of esters is 1. The molecule has 102 valence electrons. The van der Waals surface area contributed by atoms with Gasteiger partial charge in [-0.1, -0.05) is 54.6 Å². The molecule has 0 atom stereocenters. The summed E-state index contributed by atoms with van der Waals surface area (Å²) >= 11 is 0. The monoisotopic (exact) mass is 268 g/mol. The van der Waals surface area contributed by atoms with Crippen molar-refractivity contribution in [2.45, 2.75) is 6.42 Å². The minimum atomic E-state index is -0.421. The van der Waals surface area contributed by atoms with Crippen LogP contribution in [0.2, 0.25) is 0 Å². The second-order valence-corrected chi connectivity index (χ2v) is 4.20. The lowest BCUT2D eigenvalue weighted by Gasteiger charge is -2.08. The fourth-order valence-electron chi connectivity index (χ4n) is 1.80. The predicted octanol–water partition coefficient (Wildman–Crippen LogP) is 3.06. The highest BCUT2D eigenvalue weighted by Gasteiger charge is 2.13. The quantitative estimate of drug-likeness (QED) is 0.515. The van der Waals surface area contributed by atoms with E-state index in [1.807, 2.05) is 48.5 Å². The number of para-hydroxylation sites is 1. The van der Waals surface area contributed by atoms with Gasteiger partial charge in [-0.2, -0.15) is 0 Å². The van der Waals surface area contributed by atoms with Gasteiger partial charge in [-0.05, 0) is 24.1 Å². The molecular weight excluding hydrogens is 252 g/mol. The van der Waals surface area contributed by atoms with Crippen molar-refractivity contribution in [1.82, 2.24) is 0 Å². The van der Waals surface area contributed by atoms with Gasteiger partial charge in [0.1, 0.15) is 5.75 Å². The molecule has 0 fully saturated rings. The Morgan fingerprint density at radius 2 is 1.60 bits per heavy atom. The summed E-state index contributed by atoms with van der Waals surface area (Å²) < 4.78 is 5.34. The van der Waals surface area contributed by atoms with E-state index in [0.29, 0.717) is 17.7 Å². The fraction of sp³-hybridized carbons (Fsp3) is 0.118. The Morgan fingerprint density at radius 3 is 2.20 bits per heavy atom. The molecule has 0 aliphatic rings. The van der Waals surface area contributed by atoms with E-state index in [4.69, 9.17) is 9.84 Å². The van der Waals surface area contributed by atoms with Crippen LogP contribution in [0.15, 0.2) is 66.7 Å². The highest BCUT2D eigenvalue weighted by molar-refractivity contribution is 6.17. The molecule has 3 nitrogen and oxygen atoms in total. The van der Waals surface area contributed by atoms with E-state index < -0.39 is 5.97 Å². The topological polar surface area (TPSA) is 46.5 Å². The van der Waals surface area contributed by atoms with Crippen molar-refractivity contribution in [3.63, 3.8) is 0 Å². The standard InChI is InChI=1S/C17H16O3/c18-13-7-12-16(14-8-3-1-4-9-14)17(19)20-15-10-5-2-6-11-15/h1-6,8-12,18H,7,13H2. The Balaban J connectivity index is 2.21. The van der Waals surface area contributed by atoms with Gasteiger partial charge < -0.3 is 9.84 Å². The minimum Gasteiger partial charge on any atom is -0.423 e. The molecule has 20 heavy (non-hydrogen) atoms. The third kappa shape index (κ3) is 3.80. The van der Waals surface area contributed by atoms with Crippen molar-refractivity contribution in [3.05, 3.63) is 72.3 Å². The van der Waals surface area contributed by atoms with Crippen molar-refractivity contribution < 1.29 is 14.6 Å². The van der Waals surface area contributed by atoms with Crippen LogP contribution < -0.4 is 4.74 Å². The number of hydrogen-bond acceptors (Lipinski definition) is 3. The summed E-state index contributed by atoms with van der Waals surface area (Å²) in [6.07, 6.45) is 2.11. The summed E-state index contributed by atoms with van der Waals surface area (Å²) in [4.78, 5) is 12.2. The van der Waals surface area contributed by atoms with Crippen LogP contribution in [-0.4, -0.2) is 17.7 Å². The van der Waals surface area contributed by atoms with E-state index in [9.17, 15) is 4.79 Å². The Kier molecular flexibility index (Phi) is 5.09. The number of benzene rings is 2. The lowest BCUT2D eigenvalue weighted by atomic mass is 10.1. The van der Waals surface area contributed by atoms with Crippen LogP contribution in [-0.2, 0) is 4.79 Å². The highest BCUT2D eigenvalue weighted by atomic mass is 16.5. The van der Waals surface area contributed by atoms with Crippen molar-refractivity contribution >= 4 is 11.5 Å². The zero-order valence-electron chi connectivity index (χ0n) is 11.0. The maximum Gasteiger partial charge on any atom is 0.343 e. The maximum absolute atomic E-state index is 12.2. The molecule has 0 saturated heterocycles. The fourth-order valence-corrected chi connectivity index (χ4v) is 1.80. The van der Waals surface area contributed by atoms with Gasteiger partial charge in [-0.25, -0.2) is 4.79 Å². The van der Waals surface area contributed by atoms with Gasteiger partial charge in [0.05, 0.1) is 5.57 Å². The average molecular weight is 268 g/mol. The van der Waals surface area contributed by atoms with Crippen molar-refractivity contribution in [1.29, 1.82) is 0 Å². The summed E-state index contributed by atoms with van der Waals surface area (Å²) in [7, 11) is 0. The zero-order chi connectivity index (χ0) is 14.2. The molecule has 0 bridgehead atoms. The smallest absolute Gasteiger partial charge is 0.343 e. The molecule has 0 heterocycles. The van der Waals surface area contributed by atoms with Crippen molar-refractivity contribution in [2.24, 2.45) is 0 Å². The molecular formula is C17H16O3. The predicted molar refractivity (Wildman–Crippen MR) is 78.2 cm³/mol. The van der Waals surface area contributed by atoms with E-state index in [0.717, 1.165) is 5.56 Å². The molecule has 0 aliphatic carbocycles. The lowest BCUT2D eigenvalue weighted by Crippen LogP contribution is -2.10. The van der Waals surface area contributed by atoms with E-state index in [1.165, 1.54) is 0 Å². The highest BCUT2D eigenvalue weighted by Crippen LogP contribution is 2.19. The molecule has 1 N–H and O–H groups in total. The second kappa shape index (κ2) is 7.26. The first-order valence-electron chi connectivity index (χ1n) is 6.45. The van der Waals surface area contributed by atoms with Crippen LogP contribution in [0.4, 0.5) is 0 Å². The Bertz CT molecular complexity index is 574. The summed E-state index contributed by atoms with van der Waals surface area (Å²) in [6.45, 7) is -0.00501. The van der Waals surface area contributed by atoms with Gasteiger partial charge in [0.2, 0.25) is 0 Å². The molecule has 0 aliphatic heterocycles. The van der Waals surface area contributed by atoms with Gasteiger partial charge in [0.25, 0.3) is 0 Å². The molecule has 0 spiro atoms. The van der Waals surface area contributed by atoms with Gasteiger partial charge in [0, 0.05) is 6.61 Å². The van der Waals surface area contributed by atoms with Crippen molar-refractivity contribution in [3.8, 4) is 5.75 Å². The first-order chi connectivity index (χ1) is 9.81. The van der Waals surface area contributed by atoms with Gasteiger partial charge >= 0.3 is 5.97 Å². The van der Waals surface area contributed by atoms with Crippen LogP contribution in [0.5, 0.6) is 5.75 Å². The van der Waals surface area contributed by atoms with Crippen molar-refractivity contribution in [2.75, 3.05) is 6.61 Å². The Labute approximate surface area is 118 Å². The minimum absolute atomic E-state index is 0.00501. The summed E-state index contributed by atoms with van der Waals surface area (Å²) in [6, 6.07) is 18.2. The summed E-state index contributed by atoms with van der Waals surface area (Å²) in [5, 5.41) is 8.94. The maximum atomic E-state index is 12.2. The van der Waals surface area contributed by atoms with Gasteiger partial charge in [0.15, 0.2) is 0 Å². The number of hydrogen-bond donors (Lipinski definition) is 1. The normalized spacial score (nSPS) is 11.2. The number of carbonyl (C=O) groups excluding carboxylic acids is 1. The van der Waals surface area contributed by atoms with Crippen LogP contribution in [0.25, 0.3) is 5.57 Å².